The average Bonchev–Trinajstić information content (AvgIpc) is 3.33. The van der Waals surface area contributed by atoms with E-state index in [1.807, 2.05) is 78.9 Å². The topological polar surface area (TPSA) is 65.4 Å². The van der Waals surface area contributed by atoms with Crippen molar-refractivity contribution in [2.45, 2.75) is 13.2 Å². The highest BCUT2D eigenvalue weighted by molar-refractivity contribution is 5.92. The van der Waals surface area contributed by atoms with Gasteiger partial charge in [0.15, 0.2) is 5.69 Å². The second kappa shape index (κ2) is 9.63. The highest BCUT2D eigenvalue weighted by atomic mass is 16.5. The number of carbonyl (C=O) groups excluding carboxylic acids is 1. The monoisotopic (exact) mass is 413 g/mol. The molecule has 1 amide bonds. The average molecular weight is 413 g/mol. The largest absolute Gasteiger partial charge is 0.497 e. The Morgan fingerprint density at radius 3 is 2.29 bits per heavy atom. The number of carbonyl (C=O) groups is 1. The van der Waals surface area contributed by atoms with E-state index in [-0.39, 0.29) is 5.91 Å². The van der Waals surface area contributed by atoms with E-state index in [1.165, 1.54) is 0 Å². The molecule has 1 aromatic heterocycles. The Balaban J connectivity index is 1.30. The van der Waals surface area contributed by atoms with Crippen molar-refractivity contribution in [1.82, 2.24) is 15.1 Å². The molecular formula is C25H23N3O3. The number of ether oxygens (including phenoxy) is 2. The van der Waals surface area contributed by atoms with E-state index in [4.69, 9.17) is 9.47 Å². The van der Waals surface area contributed by atoms with Gasteiger partial charge in [-0.1, -0.05) is 42.5 Å². The Morgan fingerprint density at radius 1 is 0.871 bits per heavy atom. The van der Waals surface area contributed by atoms with Crippen molar-refractivity contribution in [1.29, 1.82) is 0 Å². The van der Waals surface area contributed by atoms with Gasteiger partial charge in [-0.05, 0) is 53.6 Å². The summed E-state index contributed by atoms with van der Waals surface area (Å²) in [6, 6.07) is 26.9. The molecule has 0 radical (unpaired) electrons. The molecule has 0 aliphatic heterocycles. The summed E-state index contributed by atoms with van der Waals surface area (Å²) in [6.45, 7) is 0.924. The number of amides is 1. The lowest BCUT2D eigenvalue weighted by molar-refractivity contribution is 0.0945. The van der Waals surface area contributed by atoms with Crippen molar-refractivity contribution >= 4 is 5.91 Å². The molecule has 0 saturated heterocycles. The molecular weight excluding hydrogens is 390 g/mol. The van der Waals surface area contributed by atoms with E-state index in [0.29, 0.717) is 18.8 Å². The molecule has 3 aromatic carbocycles. The summed E-state index contributed by atoms with van der Waals surface area (Å²) in [7, 11) is 1.62. The summed E-state index contributed by atoms with van der Waals surface area (Å²) < 4.78 is 12.6. The Kier molecular flexibility index (Phi) is 6.28. The lowest BCUT2D eigenvalue weighted by Crippen LogP contribution is -2.23. The molecule has 0 spiro atoms. The van der Waals surface area contributed by atoms with Gasteiger partial charge in [0.1, 0.15) is 18.1 Å². The maximum atomic E-state index is 12.5. The predicted molar refractivity (Wildman–Crippen MR) is 119 cm³/mol. The Morgan fingerprint density at radius 2 is 1.58 bits per heavy atom. The SMILES string of the molecule is COc1ccc(-n2ccc(C(=O)NCc3ccc(COc4ccccc4)cc3)n2)cc1. The summed E-state index contributed by atoms with van der Waals surface area (Å²) in [5, 5.41) is 7.27. The van der Waals surface area contributed by atoms with E-state index in [0.717, 1.165) is 28.3 Å². The smallest absolute Gasteiger partial charge is 0.272 e. The summed E-state index contributed by atoms with van der Waals surface area (Å²) in [5.41, 5.74) is 3.29. The van der Waals surface area contributed by atoms with Crippen LogP contribution in [0.2, 0.25) is 0 Å². The van der Waals surface area contributed by atoms with Gasteiger partial charge in [0, 0.05) is 12.7 Å². The molecule has 0 aliphatic carbocycles. The minimum Gasteiger partial charge on any atom is -0.497 e. The molecule has 1 heterocycles. The highest BCUT2D eigenvalue weighted by Crippen LogP contribution is 2.15. The molecule has 0 aliphatic rings. The van der Waals surface area contributed by atoms with Crippen LogP contribution in [-0.4, -0.2) is 22.8 Å². The summed E-state index contributed by atoms with van der Waals surface area (Å²) >= 11 is 0. The van der Waals surface area contributed by atoms with Crippen LogP contribution in [0.4, 0.5) is 0 Å². The number of aromatic nitrogens is 2. The fraction of sp³-hybridized carbons (Fsp3) is 0.120. The summed E-state index contributed by atoms with van der Waals surface area (Å²) in [6.07, 6.45) is 1.76. The molecule has 6 heteroatoms. The first-order valence-electron chi connectivity index (χ1n) is 9.95. The zero-order valence-electron chi connectivity index (χ0n) is 17.2. The molecule has 0 fully saturated rings. The van der Waals surface area contributed by atoms with Crippen LogP contribution in [-0.2, 0) is 13.2 Å². The van der Waals surface area contributed by atoms with Crippen LogP contribution in [0.5, 0.6) is 11.5 Å². The molecule has 156 valence electrons. The van der Waals surface area contributed by atoms with Crippen LogP contribution < -0.4 is 14.8 Å². The van der Waals surface area contributed by atoms with Crippen LogP contribution in [0.15, 0.2) is 91.1 Å². The second-order valence-corrected chi connectivity index (χ2v) is 6.94. The van der Waals surface area contributed by atoms with Crippen LogP contribution in [0.1, 0.15) is 21.6 Å². The van der Waals surface area contributed by atoms with E-state index >= 15 is 0 Å². The number of benzene rings is 3. The third kappa shape index (κ3) is 5.30. The van der Waals surface area contributed by atoms with Gasteiger partial charge >= 0.3 is 0 Å². The molecule has 4 rings (SSSR count). The number of nitrogens with one attached hydrogen (secondary N) is 1. The quantitative estimate of drug-likeness (QED) is 0.465. The van der Waals surface area contributed by atoms with Crippen molar-refractivity contribution in [3.63, 3.8) is 0 Å². The molecule has 0 bridgehead atoms. The van der Waals surface area contributed by atoms with Crippen molar-refractivity contribution in [2.24, 2.45) is 0 Å². The third-order valence-corrected chi connectivity index (χ3v) is 4.78. The van der Waals surface area contributed by atoms with Gasteiger partial charge in [-0.3, -0.25) is 4.79 Å². The molecule has 0 saturated carbocycles. The molecule has 4 aromatic rings. The molecule has 1 N–H and O–H groups in total. The third-order valence-electron chi connectivity index (χ3n) is 4.78. The van der Waals surface area contributed by atoms with Crippen LogP contribution in [0.25, 0.3) is 5.69 Å². The first-order valence-corrected chi connectivity index (χ1v) is 9.95. The van der Waals surface area contributed by atoms with Gasteiger partial charge in [-0.2, -0.15) is 5.10 Å². The minimum atomic E-state index is -0.219. The maximum absolute atomic E-state index is 12.5. The van der Waals surface area contributed by atoms with Crippen molar-refractivity contribution in [3.05, 3.63) is 108 Å². The van der Waals surface area contributed by atoms with Crippen LogP contribution in [0.3, 0.4) is 0 Å². The number of methoxy groups -OCH3 is 1. The normalized spacial score (nSPS) is 10.5. The first kappa shape index (κ1) is 20.2. The summed E-state index contributed by atoms with van der Waals surface area (Å²) in [4.78, 5) is 12.5. The lowest BCUT2D eigenvalue weighted by Gasteiger charge is -2.08. The fourth-order valence-electron chi connectivity index (χ4n) is 3.03. The van der Waals surface area contributed by atoms with E-state index < -0.39 is 0 Å². The van der Waals surface area contributed by atoms with Crippen LogP contribution in [0, 0.1) is 0 Å². The van der Waals surface area contributed by atoms with E-state index in [1.54, 1.807) is 24.1 Å². The number of nitrogens with zero attached hydrogens (tertiary/aromatic N) is 2. The van der Waals surface area contributed by atoms with Gasteiger partial charge in [0.25, 0.3) is 5.91 Å². The standard InChI is InChI=1S/C25H23N3O3/c1-30-22-13-11-21(12-14-22)28-16-15-24(27-28)25(29)26-17-19-7-9-20(10-8-19)18-31-23-5-3-2-4-6-23/h2-16H,17-18H2,1H3,(H,26,29). The molecule has 0 atom stereocenters. The molecule has 0 unspecified atom stereocenters. The molecule has 31 heavy (non-hydrogen) atoms. The van der Waals surface area contributed by atoms with Crippen molar-refractivity contribution < 1.29 is 14.3 Å². The fourth-order valence-corrected chi connectivity index (χ4v) is 3.03. The number of hydrogen-bond acceptors (Lipinski definition) is 4. The lowest BCUT2D eigenvalue weighted by atomic mass is 10.1. The van der Waals surface area contributed by atoms with Gasteiger partial charge in [0.05, 0.1) is 12.8 Å². The Hall–Kier alpha value is -4.06. The number of rotatable bonds is 8. The van der Waals surface area contributed by atoms with Crippen LogP contribution >= 0.6 is 0 Å². The predicted octanol–water partition coefficient (Wildman–Crippen LogP) is 4.39. The van der Waals surface area contributed by atoms with E-state index in [9.17, 15) is 4.79 Å². The van der Waals surface area contributed by atoms with Gasteiger partial charge in [-0.15, -0.1) is 0 Å². The first-order chi connectivity index (χ1) is 15.2. The Labute approximate surface area is 181 Å². The number of hydrogen-bond donors (Lipinski definition) is 1. The van der Waals surface area contributed by atoms with Crippen molar-refractivity contribution in [2.75, 3.05) is 7.11 Å². The van der Waals surface area contributed by atoms with E-state index in [2.05, 4.69) is 10.4 Å². The highest BCUT2D eigenvalue weighted by Gasteiger charge is 2.10. The minimum absolute atomic E-state index is 0.219. The van der Waals surface area contributed by atoms with Gasteiger partial charge in [0.2, 0.25) is 0 Å². The maximum Gasteiger partial charge on any atom is 0.272 e. The van der Waals surface area contributed by atoms with Crippen molar-refractivity contribution in [3.8, 4) is 17.2 Å². The Bertz CT molecular complexity index is 1120. The van der Waals surface area contributed by atoms with Gasteiger partial charge < -0.3 is 14.8 Å². The zero-order chi connectivity index (χ0) is 21.5. The molecule has 6 nitrogen and oxygen atoms in total. The number of para-hydroxylation sites is 1. The second-order valence-electron chi connectivity index (χ2n) is 6.94. The summed E-state index contributed by atoms with van der Waals surface area (Å²) in [5.74, 6) is 1.39. The zero-order valence-corrected chi connectivity index (χ0v) is 17.2. The van der Waals surface area contributed by atoms with Gasteiger partial charge in [-0.25, -0.2) is 4.68 Å².